The van der Waals surface area contributed by atoms with Gasteiger partial charge in [-0.15, -0.1) is 0 Å². The van der Waals surface area contributed by atoms with E-state index in [1.54, 1.807) is 30.3 Å². The van der Waals surface area contributed by atoms with Gasteiger partial charge in [0.05, 0.1) is 13.7 Å². The molecule has 0 saturated carbocycles. The molecule has 2 aliphatic heterocycles. The van der Waals surface area contributed by atoms with Gasteiger partial charge in [-0.1, -0.05) is 12.1 Å². The number of rotatable bonds is 4. The van der Waals surface area contributed by atoms with Gasteiger partial charge in [-0.3, -0.25) is 4.79 Å². The average molecular weight is 482 g/mol. The van der Waals surface area contributed by atoms with Gasteiger partial charge < -0.3 is 44.5 Å². The van der Waals surface area contributed by atoms with Crippen LogP contribution in [0.1, 0.15) is 33.7 Å². The van der Waals surface area contributed by atoms with Crippen LogP contribution in [-0.4, -0.2) is 57.2 Å². The molecular formula is C25H22O10. The number of phenols is 3. The summed E-state index contributed by atoms with van der Waals surface area (Å²) in [6.07, 6.45) is -4.28. The van der Waals surface area contributed by atoms with Crippen LogP contribution in [-0.2, 0) is 0 Å². The number of carbonyl (C=O) groups is 1. The van der Waals surface area contributed by atoms with Crippen LogP contribution in [0.25, 0.3) is 0 Å². The topological polar surface area (TPSA) is 155 Å². The molecule has 5 rings (SSSR count). The normalized spacial score (nSPS) is 22.8. The van der Waals surface area contributed by atoms with E-state index in [9.17, 15) is 30.3 Å². The van der Waals surface area contributed by atoms with Crippen molar-refractivity contribution in [3.63, 3.8) is 0 Å². The highest BCUT2D eigenvalue weighted by molar-refractivity contribution is 6.05. The monoisotopic (exact) mass is 482 g/mol. The number of methoxy groups -OCH3 is 1. The molecule has 0 aromatic heterocycles. The van der Waals surface area contributed by atoms with Gasteiger partial charge >= 0.3 is 0 Å². The van der Waals surface area contributed by atoms with E-state index in [-0.39, 0.29) is 40.9 Å². The number of hydrogen-bond donors (Lipinski definition) is 5. The number of aliphatic hydroxyl groups excluding tert-OH is 2. The van der Waals surface area contributed by atoms with Gasteiger partial charge in [-0.05, 0) is 29.8 Å². The van der Waals surface area contributed by atoms with E-state index in [1.807, 2.05) is 0 Å². The maximum absolute atomic E-state index is 12.7. The molecule has 3 aromatic carbocycles. The molecule has 5 N–H and O–H groups in total. The SMILES string of the molecule is COc1cc([C@@H]2Oc3cc([C@H]4Oc5cc(O)cc(O)c5C(=O)[C@@H]4O)ccc3O[C@@H]2CO)ccc1O. The van der Waals surface area contributed by atoms with Crippen molar-refractivity contribution < 1.29 is 49.3 Å². The summed E-state index contributed by atoms with van der Waals surface area (Å²) in [5, 5.41) is 50.2. The molecule has 0 bridgehead atoms. The molecule has 2 heterocycles. The van der Waals surface area contributed by atoms with Crippen molar-refractivity contribution in [3.8, 4) is 40.2 Å². The van der Waals surface area contributed by atoms with Crippen molar-refractivity contribution in [2.75, 3.05) is 13.7 Å². The fraction of sp³-hybridized carbons (Fsp3) is 0.240. The van der Waals surface area contributed by atoms with Crippen molar-refractivity contribution in [1.29, 1.82) is 0 Å². The molecule has 0 radical (unpaired) electrons. The Labute approximate surface area is 199 Å². The molecule has 0 spiro atoms. The minimum absolute atomic E-state index is 0.0540. The number of ether oxygens (including phenoxy) is 4. The summed E-state index contributed by atoms with van der Waals surface area (Å²) in [7, 11) is 1.41. The quantitative estimate of drug-likeness (QED) is 0.374. The van der Waals surface area contributed by atoms with Crippen LogP contribution in [0.4, 0.5) is 0 Å². The van der Waals surface area contributed by atoms with Crippen LogP contribution < -0.4 is 18.9 Å². The van der Waals surface area contributed by atoms with Gasteiger partial charge in [0.2, 0.25) is 5.78 Å². The van der Waals surface area contributed by atoms with Crippen LogP contribution in [0.15, 0.2) is 48.5 Å². The first-order chi connectivity index (χ1) is 16.8. The minimum atomic E-state index is -1.62. The van der Waals surface area contributed by atoms with E-state index in [0.717, 1.165) is 6.07 Å². The summed E-state index contributed by atoms with van der Waals surface area (Å²) in [4.78, 5) is 12.7. The number of aliphatic hydroxyl groups is 2. The van der Waals surface area contributed by atoms with E-state index < -0.39 is 35.9 Å². The van der Waals surface area contributed by atoms with E-state index in [4.69, 9.17) is 18.9 Å². The Morgan fingerprint density at radius 1 is 0.829 bits per heavy atom. The first kappa shape index (κ1) is 22.6. The van der Waals surface area contributed by atoms with E-state index in [2.05, 4.69) is 0 Å². The molecular weight excluding hydrogens is 460 g/mol. The second-order valence-corrected chi connectivity index (χ2v) is 8.20. The maximum Gasteiger partial charge on any atom is 0.202 e. The van der Waals surface area contributed by atoms with E-state index >= 15 is 0 Å². The lowest BCUT2D eigenvalue weighted by molar-refractivity contribution is -0.0130. The molecule has 0 saturated heterocycles. The lowest BCUT2D eigenvalue weighted by Gasteiger charge is -2.35. The fourth-order valence-corrected chi connectivity index (χ4v) is 4.28. The third-order valence-corrected chi connectivity index (χ3v) is 6.00. The number of ketones is 1. The lowest BCUT2D eigenvalue weighted by atomic mass is 9.92. The standard InChI is InChI=1S/C25H22O10/c1-32-17-6-11(2-4-14(17)28)24-20(10-26)33-16-5-3-12(7-18(16)34-24)25-23(31)22(30)21-15(29)8-13(27)9-19(21)35-25/h2-9,20,23-29,31H,10H2,1H3/t20-,23+,24+,25-/m1/s1. The first-order valence-electron chi connectivity index (χ1n) is 10.7. The number of Topliss-reactive ketones (excluding diaryl/α,β-unsaturated/α-hetero) is 1. The van der Waals surface area contributed by atoms with Crippen molar-refractivity contribution in [1.82, 2.24) is 0 Å². The molecule has 0 aliphatic carbocycles. The molecule has 10 nitrogen and oxygen atoms in total. The fourth-order valence-electron chi connectivity index (χ4n) is 4.28. The molecule has 182 valence electrons. The predicted molar refractivity (Wildman–Crippen MR) is 119 cm³/mol. The molecule has 3 aromatic rings. The zero-order valence-corrected chi connectivity index (χ0v) is 18.4. The highest BCUT2D eigenvalue weighted by Crippen LogP contribution is 2.45. The number of carbonyl (C=O) groups excluding carboxylic acids is 1. The predicted octanol–water partition coefficient (Wildman–Crippen LogP) is 2.36. The Balaban J connectivity index is 1.49. The molecule has 0 fully saturated rings. The molecule has 4 atom stereocenters. The number of hydrogen-bond acceptors (Lipinski definition) is 10. The minimum Gasteiger partial charge on any atom is -0.508 e. The van der Waals surface area contributed by atoms with Gasteiger partial charge in [0, 0.05) is 17.7 Å². The molecule has 0 amide bonds. The second kappa shape index (κ2) is 8.57. The van der Waals surface area contributed by atoms with Crippen LogP contribution in [0, 0.1) is 0 Å². The molecule has 35 heavy (non-hydrogen) atoms. The zero-order chi connectivity index (χ0) is 24.9. The summed E-state index contributed by atoms with van der Waals surface area (Å²) >= 11 is 0. The Morgan fingerprint density at radius 2 is 1.54 bits per heavy atom. The van der Waals surface area contributed by atoms with Gasteiger partial charge in [0.1, 0.15) is 22.8 Å². The van der Waals surface area contributed by atoms with Gasteiger partial charge in [0.25, 0.3) is 0 Å². The molecule has 2 aliphatic rings. The smallest absolute Gasteiger partial charge is 0.202 e. The molecule has 10 heteroatoms. The average Bonchev–Trinajstić information content (AvgIpc) is 2.85. The number of phenolic OH excluding ortho intramolecular Hbond substituents is 3. The number of benzene rings is 3. The third-order valence-electron chi connectivity index (χ3n) is 6.00. The number of aromatic hydroxyl groups is 3. The Hall–Kier alpha value is -4.15. The molecule has 0 unspecified atom stereocenters. The van der Waals surface area contributed by atoms with E-state index in [1.165, 1.54) is 19.2 Å². The van der Waals surface area contributed by atoms with Crippen molar-refractivity contribution in [3.05, 3.63) is 65.2 Å². The zero-order valence-electron chi connectivity index (χ0n) is 18.4. The maximum atomic E-state index is 12.7. The van der Waals surface area contributed by atoms with E-state index in [0.29, 0.717) is 16.9 Å². The van der Waals surface area contributed by atoms with Crippen LogP contribution in [0.3, 0.4) is 0 Å². The Morgan fingerprint density at radius 3 is 2.29 bits per heavy atom. The summed E-state index contributed by atoms with van der Waals surface area (Å²) in [6.45, 7) is -0.349. The van der Waals surface area contributed by atoms with Crippen LogP contribution in [0.5, 0.6) is 40.2 Å². The van der Waals surface area contributed by atoms with Gasteiger partial charge in [0.15, 0.2) is 47.4 Å². The van der Waals surface area contributed by atoms with Crippen LogP contribution in [0.2, 0.25) is 0 Å². The Kier molecular flexibility index (Phi) is 5.54. The Bertz CT molecular complexity index is 1300. The van der Waals surface area contributed by atoms with Crippen LogP contribution >= 0.6 is 0 Å². The summed E-state index contributed by atoms with van der Waals surface area (Å²) < 4.78 is 23.0. The third kappa shape index (κ3) is 3.82. The summed E-state index contributed by atoms with van der Waals surface area (Å²) in [5.41, 5.74) is 0.751. The van der Waals surface area contributed by atoms with Gasteiger partial charge in [-0.25, -0.2) is 0 Å². The van der Waals surface area contributed by atoms with Crippen molar-refractivity contribution >= 4 is 5.78 Å². The summed E-state index contributed by atoms with van der Waals surface area (Å²) in [5.74, 6) is -0.823. The number of fused-ring (bicyclic) bond motifs is 2. The first-order valence-corrected chi connectivity index (χ1v) is 10.7. The highest BCUT2D eigenvalue weighted by Gasteiger charge is 2.40. The van der Waals surface area contributed by atoms with Crippen molar-refractivity contribution in [2.45, 2.75) is 24.4 Å². The summed E-state index contributed by atoms with van der Waals surface area (Å²) in [6, 6.07) is 11.5. The lowest BCUT2D eigenvalue weighted by Crippen LogP contribution is -2.37. The van der Waals surface area contributed by atoms with Gasteiger partial charge in [-0.2, -0.15) is 0 Å². The highest BCUT2D eigenvalue weighted by atomic mass is 16.6. The second-order valence-electron chi connectivity index (χ2n) is 8.20. The van der Waals surface area contributed by atoms with Crippen molar-refractivity contribution in [2.24, 2.45) is 0 Å². The largest absolute Gasteiger partial charge is 0.508 e.